The maximum absolute atomic E-state index is 12.4. The van der Waals surface area contributed by atoms with Crippen LogP contribution in [0.2, 0.25) is 0 Å². The van der Waals surface area contributed by atoms with Gasteiger partial charge in [0.1, 0.15) is 0 Å². The van der Waals surface area contributed by atoms with Gasteiger partial charge in [-0.3, -0.25) is 4.79 Å². The number of carbonyl (C=O) groups excluding carboxylic acids is 1. The van der Waals surface area contributed by atoms with Crippen molar-refractivity contribution in [3.63, 3.8) is 0 Å². The van der Waals surface area contributed by atoms with Crippen molar-refractivity contribution in [2.75, 3.05) is 0 Å². The van der Waals surface area contributed by atoms with Gasteiger partial charge in [0.05, 0.1) is 4.88 Å². The summed E-state index contributed by atoms with van der Waals surface area (Å²) in [5, 5.41) is 0. The molecule has 2 aromatic rings. The molecule has 1 aromatic carbocycles. The summed E-state index contributed by atoms with van der Waals surface area (Å²) < 4.78 is 0. The van der Waals surface area contributed by atoms with Crippen LogP contribution >= 0.6 is 11.3 Å². The first-order valence-corrected chi connectivity index (χ1v) is 7.20. The maximum Gasteiger partial charge on any atom is 0.202 e. The van der Waals surface area contributed by atoms with Crippen LogP contribution in [-0.2, 0) is 12.8 Å². The number of benzene rings is 1. The SMILES string of the molecule is Cc1cc(C(=O)c2ccc3c(c2)CCC3)sc1C. The second-order valence-electron chi connectivity index (χ2n) is 5.02. The minimum atomic E-state index is 0.172. The smallest absolute Gasteiger partial charge is 0.202 e. The van der Waals surface area contributed by atoms with E-state index >= 15 is 0 Å². The molecule has 0 amide bonds. The molecule has 0 fully saturated rings. The van der Waals surface area contributed by atoms with Gasteiger partial charge < -0.3 is 0 Å². The van der Waals surface area contributed by atoms with Gasteiger partial charge in [-0.1, -0.05) is 12.1 Å². The van der Waals surface area contributed by atoms with E-state index in [9.17, 15) is 4.79 Å². The fourth-order valence-electron chi connectivity index (χ4n) is 2.54. The Morgan fingerprint density at radius 3 is 2.61 bits per heavy atom. The highest BCUT2D eigenvalue weighted by atomic mass is 32.1. The molecule has 1 aliphatic rings. The average molecular weight is 256 g/mol. The third-order valence-corrected chi connectivity index (χ3v) is 4.90. The normalized spacial score (nSPS) is 13.7. The number of carbonyl (C=O) groups is 1. The molecule has 0 aliphatic heterocycles. The van der Waals surface area contributed by atoms with Gasteiger partial charge >= 0.3 is 0 Å². The second kappa shape index (κ2) is 4.36. The Labute approximate surface area is 111 Å². The van der Waals surface area contributed by atoms with Gasteiger partial charge in [0.25, 0.3) is 0 Å². The molecule has 0 saturated heterocycles. The lowest BCUT2D eigenvalue weighted by molar-refractivity contribution is 0.104. The molecule has 1 heterocycles. The largest absolute Gasteiger partial charge is 0.288 e. The zero-order valence-corrected chi connectivity index (χ0v) is 11.6. The highest BCUT2D eigenvalue weighted by molar-refractivity contribution is 7.14. The van der Waals surface area contributed by atoms with Crippen LogP contribution in [0.5, 0.6) is 0 Å². The van der Waals surface area contributed by atoms with E-state index in [1.807, 2.05) is 12.1 Å². The van der Waals surface area contributed by atoms with Crippen molar-refractivity contribution in [3.8, 4) is 0 Å². The third kappa shape index (κ3) is 1.91. The van der Waals surface area contributed by atoms with Crippen molar-refractivity contribution in [2.45, 2.75) is 33.1 Å². The van der Waals surface area contributed by atoms with Crippen LogP contribution in [0.25, 0.3) is 0 Å². The average Bonchev–Trinajstić information content (AvgIpc) is 2.95. The fourth-order valence-corrected chi connectivity index (χ4v) is 3.54. The van der Waals surface area contributed by atoms with E-state index in [0.29, 0.717) is 0 Å². The number of ketones is 1. The Morgan fingerprint density at radius 2 is 1.89 bits per heavy atom. The summed E-state index contributed by atoms with van der Waals surface area (Å²) in [6.07, 6.45) is 3.52. The molecule has 3 rings (SSSR count). The van der Waals surface area contributed by atoms with Crippen molar-refractivity contribution in [3.05, 3.63) is 56.3 Å². The molecular weight excluding hydrogens is 240 g/mol. The van der Waals surface area contributed by atoms with Gasteiger partial charge in [-0.25, -0.2) is 0 Å². The molecule has 0 bridgehead atoms. The maximum atomic E-state index is 12.4. The van der Waals surface area contributed by atoms with Crippen molar-refractivity contribution in [2.24, 2.45) is 0 Å². The first-order chi connectivity index (χ1) is 8.65. The molecule has 1 aromatic heterocycles. The lowest BCUT2D eigenvalue weighted by Gasteiger charge is -2.02. The number of hydrogen-bond donors (Lipinski definition) is 0. The van der Waals surface area contributed by atoms with Crippen LogP contribution in [0.3, 0.4) is 0 Å². The van der Waals surface area contributed by atoms with Crippen LogP contribution in [0, 0.1) is 13.8 Å². The first-order valence-electron chi connectivity index (χ1n) is 6.38. The monoisotopic (exact) mass is 256 g/mol. The molecule has 92 valence electrons. The Kier molecular flexibility index (Phi) is 2.83. The molecule has 2 heteroatoms. The Bertz CT molecular complexity index is 603. The van der Waals surface area contributed by atoms with Gasteiger partial charge in [0.2, 0.25) is 5.78 Å². The summed E-state index contributed by atoms with van der Waals surface area (Å²) in [6.45, 7) is 4.13. The number of thiophene rings is 1. The lowest BCUT2D eigenvalue weighted by atomic mass is 10.0. The lowest BCUT2D eigenvalue weighted by Crippen LogP contribution is -1.99. The second-order valence-corrected chi connectivity index (χ2v) is 6.27. The number of rotatable bonds is 2. The number of fused-ring (bicyclic) bond motifs is 1. The third-order valence-electron chi connectivity index (χ3n) is 3.75. The van der Waals surface area contributed by atoms with Gasteiger partial charge in [0, 0.05) is 10.4 Å². The summed E-state index contributed by atoms with van der Waals surface area (Å²) in [4.78, 5) is 14.5. The van der Waals surface area contributed by atoms with E-state index in [2.05, 4.69) is 26.0 Å². The van der Waals surface area contributed by atoms with E-state index < -0.39 is 0 Å². The summed E-state index contributed by atoms with van der Waals surface area (Å²) in [5.74, 6) is 0.172. The molecule has 0 saturated carbocycles. The van der Waals surface area contributed by atoms with E-state index in [4.69, 9.17) is 0 Å². The highest BCUT2D eigenvalue weighted by Gasteiger charge is 2.16. The highest BCUT2D eigenvalue weighted by Crippen LogP contribution is 2.27. The van der Waals surface area contributed by atoms with Crippen molar-refractivity contribution < 1.29 is 4.79 Å². The van der Waals surface area contributed by atoms with Crippen molar-refractivity contribution in [1.29, 1.82) is 0 Å². The van der Waals surface area contributed by atoms with E-state index in [0.717, 1.165) is 16.9 Å². The fraction of sp³-hybridized carbons (Fsp3) is 0.312. The first kappa shape index (κ1) is 11.7. The number of aryl methyl sites for hydroxylation is 4. The number of hydrogen-bond acceptors (Lipinski definition) is 2. The van der Waals surface area contributed by atoms with Crippen LogP contribution in [0.4, 0.5) is 0 Å². The Balaban J connectivity index is 1.97. The van der Waals surface area contributed by atoms with Gasteiger partial charge in [0.15, 0.2) is 0 Å². The van der Waals surface area contributed by atoms with Gasteiger partial charge in [-0.2, -0.15) is 0 Å². The minimum Gasteiger partial charge on any atom is -0.288 e. The zero-order valence-electron chi connectivity index (χ0n) is 10.7. The van der Waals surface area contributed by atoms with Crippen molar-refractivity contribution >= 4 is 17.1 Å². The summed E-state index contributed by atoms with van der Waals surface area (Å²) in [7, 11) is 0. The van der Waals surface area contributed by atoms with Crippen LogP contribution in [-0.4, -0.2) is 5.78 Å². The molecule has 0 atom stereocenters. The molecule has 1 aliphatic carbocycles. The van der Waals surface area contributed by atoms with Crippen molar-refractivity contribution in [1.82, 2.24) is 0 Å². The van der Waals surface area contributed by atoms with Gasteiger partial charge in [-0.15, -0.1) is 11.3 Å². The van der Waals surface area contributed by atoms with Crippen LogP contribution < -0.4 is 0 Å². The molecule has 0 N–H and O–H groups in total. The predicted octanol–water partition coefficient (Wildman–Crippen LogP) is 4.08. The quantitative estimate of drug-likeness (QED) is 0.740. The van der Waals surface area contributed by atoms with Crippen LogP contribution in [0.15, 0.2) is 24.3 Å². The van der Waals surface area contributed by atoms with Crippen LogP contribution in [0.1, 0.15) is 43.2 Å². The molecule has 1 nitrogen and oxygen atoms in total. The minimum absolute atomic E-state index is 0.172. The van der Waals surface area contributed by atoms with E-state index in [1.165, 1.54) is 34.4 Å². The molecule has 18 heavy (non-hydrogen) atoms. The summed E-state index contributed by atoms with van der Waals surface area (Å²) >= 11 is 1.60. The summed E-state index contributed by atoms with van der Waals surface area (Å²) in [6, 6.07) is 8.21. The summed E-state index contributed by atoms with van der Waals surface area (Å²) in [5.41, 5.74) is 4.84. The standard InChI is InChI=1S/C16H16OS/c1-10-8-15(18-11(10)2)16(17)14-7-6-12-4-3-5-13(12)9-14/h6-9H,3-5H2,1-2H3. The Morgan fingerprint density at radius 1 is 1.11 bits per heavy atom. The Hall–Kier alpha value is -1.41. The topological polar surface area (TPSA) is 17.1 Å². The zero-order chi connectivity index (χ0) is 12.7. The molecular formula is C16H16OS. The predicted molar refractivity (Wildman–Crippen MR) is 75.7 cm³/mol. The van der Waals surface area contributed by atoms with E-state index in [1.54, 1.807) is 11.3 Å². The van der Waals surface area contributed by atoms with Gasteiger partial charge in [-0.05, 0) is 61.9 Å². The molecule has 0 unspecified atom stereocenters. The molecule has 0 spiro atoms. The molecule has 0 radical (unpaired) electrons. The van der Waals surface area contributed by atoms with E-state index in [-0.39, 0.29) is 5.78 Å².